The fourth-order valence-corrected chi connectivity index (χ4v) is 3.16. The van der Waals surface area contributed by atoms with Gasteiger partial charge in [-0.1, -0.05) is 0 Å². The summed E-state index contributed by atoms with van der Waals surface area (Å²) < 4.78 is 0. The minimum Gasteiger partial charge on any atom is -0.432 e. The molecule has 2 saturated carbocycles. The number of aromatic nitrogens is 2. The number of carbonyl (C=O) groups excluding carboxylic acids is 2. The Balaban J connectivity index is 0.000000716. The molecule has 192 valence electrons. The third-order valence-corrected chi connectivity index (χ3v) is 4.83. The number of hydrogen-bond acceptors (Lipinski definition) is 7. The number of hydrogen-bond donors (Lipinski definition) is 2. The van der Waals surface area contributed by atoms with Crippen LogP contribution in [0, 0.1) is 63.7 Å². The van der Waals surface area contributed by atoms with Crippen LogP contribution in [0.4, 0.5) is 17.5 Å². The molecular weight excluding hydrogens is 516 g/mol. The molecule has 0 spiro atoms. The quantitative estimate of drug-likeness (QED) is 0.168. The topological polar surface area (TPSA) is 175 Å². The third-order valence-electron chi connectivity index (χ3n) is 4.83. The molecule has 1 aromatic carbocycles. The Morgan fingerprint density at radius 2 is 1.68 bits per heavy atom. The second kappa shape index (κ2) is 15.2. The van der Waals surface area contributed by atoms with Gasteiger partial charge in [0.1, 0.15) is 5.91 Å². The average Bonchev–Trinajstić information content (AvgIpc) is 3.58. The minimum absolute atomic E-state index is 0. The summed E-state index contributed by atoms with van der Waals surface area (Å²) in [7, 11) is 1.94. The Hall–Kier alpha value is -3.11. The average molecular weight is 542 g/mol. The van der Waals surface area contributed by atoms with Gasteiger partial charge in [-0.25, -0.2) is 4.79 Å². The molecule has 11 nitrogen and oxygen atoms in total. The van der Waals surface area contributed by atoms with Gasteiger partial charge in [-0.05, 0) is 104 Å². The van der Waals surface area contributed by atoms with Gasteiger partial charge in [-0.3, -0.25) is 4.79 Å². The number of fused-ring (bicyclic) bond motifs is 1. The molecule has 2 aromatic rings. The normalized spacial score (nSPS) is 14.7. The molecule has 2 aliphatic carbocycles. The van der Waals surface area contributed by atoms with E-state index in [0.717, 1.165) is 11.6 Å². The van der Waals surface area contributed by atoms with E-state index in [1.807, 2.05) is 81.9 Å². The van der Waals surface area contributed by atoms with E-state index in [0.29, 0.717) is 17.4 Å². The molecule has 0 bridgehead atoms. The second-order valence-corrected chi connectivity index (χ2v) is 7.67. The maximum Gasteiger partial charge on any atom is 2.00 e. The van der Waals surface area contributed by atoms with E-state index in [-0.39, 0.29) is 41.7 Å². The largest absolute Gasteiger partial charge is 2.00 e. The minimum atomic E-state index is -0.776. The Morgan fingerprint density at radius 1 is 1.03 bits per heavy atom. The van der Waals surface area contributed by atoms with E-state index >= 15 is 0 Å². The SMILES string of the molecule is CN(C[C]1[CH][CH][CH][CH]1)c1ccc2nc([NH-])nc([N-]C(=O)CCC(=O)ON=C(N)N)c2c1.[CH]1[CH][CH][CH][CH]1.[Fe+2]. The first-order valence-electron chi connectivity index (χ1n) is 11.0. The van der Waals surface area contributed by atoms with E-state index in [1.54, 1.807) is 6.07 Å². The number of amides is 1. The molecular formula is C25H26FeN8O3. The third kappa shape index (κ3) is 10.0. The standard InChI is InChI=1S/C20H22N8O3.C5H5.Fe/c1-28(11-12-4-2-3-5-12)13-6-7-15-14(10-13)18(26-20(23)24-15)25-16(29)8-9-17(30)31-27-19(21)22;1-2-4-5-3-1;/h2-7,10H,8-9,11H2,1H3,(H6-,21,22,23,24,25,26,27,29);1-5H;/q-1;;+2/p-1. The van der Waals surface area contributed by atoms with Crippen LogP contribution in [0.3, 0.4) is 0 Å². The predicted octanol–water partition coefficient (Wildman–Crippen LogP) is 3.22. The van der Waals surface area contributed by atoms with Crippen LogP contribution in [0.25, 0.3) is 22.0 Å². The van der Waals surface area contributed by atoms with E-state index < -0.39 is 17.8 Å². The summed E-state index contributed by atoms with van der Waals surface area (Å²) in [6.45, 7) is 0.694. The maximum absolute atomic E-state index is 12.2. The molecule has 37 heavy (non-hydrogen) atoms. The van der Waals surface area contributed by atoms with Crippen LogP contribution in [0.15, 0.2) is 23.4 Å². The van der Waals surface area contributed by atoms with Crippen molar-refractivity contribution in [2.45, 2.75) is 12.8 Å². The van der Waals surface area contributed by atoms with Crippen LogP contribution in [0.1, 0.15) is 12.8 Å². The van der Waals surface area contributed by atoms with Gasteiger partial charge in [0.25, 0.3) is 0 Å². The summed E-state index contributed by atoms with van der Waals surface area (Å²) in [6, 6.07) is 5.45. The van der Waals surface area contributed by atoms with E-state index in [9.17, 15) is 9.59 Å². The van der Waals surface area contributed by atoms with Crippen molar-refractivity contribution in [1.82, 2.24) is 9.97 Å². The summed E-state index contributed by atoms with van der Waals surface area (Å²) in [4.78, 5) is 38.3. The number of guanidine groups is 1. The van der Waals surface area contributed by atoms with E-state index in [1.165, 1.54) is 0 Å². The number of oxime groups is 1. The number of anilines is 1. The van der Waals surface area contributed by atoms with Crippen molar-refractivity contribution in [2.75, 3.05) is 18.5 Å². The van der Waals surface area contributed by atoms with Gasteiger partial charge >= 0.3 is 23.0 Å². The van der Waals surface area contributed by atoms with Crippen LogP contribution < -0.4 is 16.4 Å². The Bertz CT molecular complexity index is 1060. The molecule has 10 radical (unpaired) electrons. The molecule has 0 unspecified atom stereocenters. The Morgan fingerprint density at radius 3 is 2.30 bits per heavy atom. The molecule has 0 atom stereocenters. The van der Waals surface area contributed by atoms with Crippen molar-refractivity contribution < 1.29 is 31.5 Å². The Kier molecular flexibility index (Phi) is 12.4. The molecule has 5 N–H and O–H groups in total. The first-order chi connectivity index (χ1) is 17.3. The molecule has 1 heterocycles. The number of nitrogens with zero attached hydrogens (tertiary/aromatic N) is 5. The zero-order valence-corrected chi connectivity index (χ0v) is 21.1. The number of nitrogens with one attached hydrogen (secondary N) is 1. The van der Waals surface area contributed by atoms with Crippen LogP contribution in [-0.2, 0) is 31.5 Å². The zero-order valence-electron chi connectivity index (χ0n) is 20.0. The summed E-state index contributed by atoms with van der Waals surface area (Å²) in [6.07, 6.45) is 17.5. The smallest absolute Gasteiger partial charge is 0.432 e. The van der Waals surface area contributed by atoms with Gasteiger partial charge in [-0.2, -0.15) is 0 Å². The van der Waals surface area contributed by atoms with Crippen molar-refractivity contribution in [3.05, 3.63) is 93.0 Å². The van der Waals surface area contributed by atoms with Gasteiger partial charge in [0.15, 0.2) is 0 Å². The van der Waals surface area contributed by atoms with Crippen LogP contribution >= 0.6 is 0 Å². The van der Waals surface area contributed by atoms with Crippen molar-refractivity contribution in [2.24, 2.45) is 16.6 Å². The van der Waals surface area contributed by atoms with Crippen molar-refractivity contribution >= 4 is 46.2 Å². The molecule has 2 aliphatic rings. The van der Waals surface area contributed by atoms with E-state index in [2.05, 4.69) is 25.3 Å². The monoisotopic (exact) mass is 542 g/mol. The number of nitrogens with two attached hydrogens (primary N) is 2. The predicted molar refractivity (Wildman–Crippen MR) is 138 cm³/mol. The van der Waals surface area contributed by atoms with Crippen LogP contribution in [0.5, 0.6) is 0 Å². The number of carbonyl (C=O) groups is 2. The molecule has 1 aromatic heterocycles. The van der Waals surface area contributed by atoms with Crippen molar-refractivity contribution in [3.63, 3.8) is 0 Å². The first kappa shape index (κ1) is 30.1. The number of rotatable bonds is 8. The summed E-state index contributed by atoms with van der Waals surface area (Å²) >= 11 is 0. The fraction of sp³-hybridized carbons (Fsp3) is 0.160. The molecule has 1 amide bonds. The summed E-state index contributed by atoms with van der Waals surface area (Å²) in [5.74, 6) is -0.809. The molecule has 2 fully saturated rings. The van der Waals surface area contributed by atoms with Crippen molar-refractivity contribution in [1.29, 1.82) is 0 Å². The maximum atomic E-state index is 12.2. The molecule has 4 rings (SSSR count). The summed E-state index contributed by atoms with van der Waals surface area (Å²) in [5.41, 5.74) is 19.3. The van der Waals surface area contributed by atoms with E-state index in [4.69, 9.17) is 17.2 Å². The second-order valence-electron chi connectivity index (χ2n) is 7.67. The first-order valence-corrected chi connectivity index (χ1v) is 11.0. The van der Waals surface area contributed by atoms with Gasteiger partial charge in [-0.15, -0.1) is 0 Å². The number of benzene rings is 1. The van der Waals surface area contributed by atoms with Gasteiger partial charge in [0.05, 0.1) is 6.42 Å². The van der Waals surface area contributed by atoms with Crippen molar-refractivity contribution in [3.8, 4) is 0 Å². The molecule has 0 saturated heterocycles. The molecule has 0 aliphatic heterocycles. The Labute approximate surface area is 228 Å². The van der Waals surface area contributed by atoms with Gasteiger partial charge in [0, 0.05) is 31.6 Å². The zero-order chi connectivity index (χ0) is 25.9. The summed E-state index contributed by atoms with van der Waals surface area (Å²) in [5, 5.41) is 7.62. The van der Waals surface area contributed by atoms with Crippen LogP contribution in [0.2, 0.25) is 0 Å². The van der Waals surface area contributed by atoms with Gasteiger partial charge in [0.2, 0.25) is 5.96 Å². The van der Waals surface area contributed by atoms with Gasteiger partial charge < -0.3 is 42.2 Å². The van der Waals surface area contributed by atoms with Crippen LogP contribution in [-0.4, -0.2) is 41.4 Å². The molecule has 12 heteroatoms. The fourth-order valence-electron chi connectivity index (χ4n) is 3.16.